The fourth-order valence-corrected chi connectivity index (χ4v) is 2.35. The molecular formula is C16H22N2O3. The summed E-state index contributed by atoms with van der Waals surface area (Å²) in [6.07, 6.45) is -0.0315. The van der Waals surface area contributed by atoms with E-state index in [-0.39, 0.29) is 17.6 Å². The number of Topliss-reactive ketones (excluding diaryl/α,β-unsaturated/α-hetero) is 1. The van der Waals surface area contributed by atoms with Crippen LogP contribution in [0.2, 0.25) is 0 Å². The van der Waals surface area contributed by atoms with E-state index in [1.165, 1.54) is 0 Å². The number of benzene rings is 1. The van der Waals surface area contributed by atoms with E-state index >= 15 is 0 Å². The molecule has 1 atom stereocenters. The smallest absolute Gasteiger partial charge is 0.268 e. The molecule has 1 unspecified atom stereocenters. The van der Waals surface area contributed by atoms with Crippen molar-refractivity contribution in [1.82, 2.24) is 5.32 Å². The third kappa shape index (κ3) is 3.08. The second-order valence-corrected chi connectivity index (χ2v) is 5.64. The molecule has 1 aromatic carbocycles. The molecule has 0 saturated heterocycles. The molecule has 5 heteroatoms. The summed E-state index contributed by atoms with van der Waals surface area (Å²) in [5, 5.41) is 2.95. The van der Waals surface area contributed by atoms with Crippen molar-refractivity contribution in [1.29, 1.82) is 0 Å². The summed E-state index contributed by atoms with van der Waals surface area (Å²) in [6.45, 7) is 4.55. The van der Waals surface area contributed by atoms with E-state index in [0.29, 0.717) is 30.0 Å². The molecule has 1 amide bonds. The molecule has 21 heavy (non-hydrogen) atoms. The van der Waals surface area contributed by atoms with Crippen molar-refractivity contribution < 1.29 is 14.3 Å². The number of carbonyl (C=O) groups is 2. The monoisotopic (exact) mass is 290 g/mol. The first-order chi connectivity index (χ1) is 9.95. The Bertz CT molecular complexity index is 554. The number of ether oxygens (including phenoxy) is 1. The number of carbonyl (C=O) groups excluding carboxylic acids is 2. The highest BCUT2D eigenvalue weighted by Crippen LogP contribution is 2.35. The molecule has 0 radical (unpaired) electrons. The number of rotatable bonds is 5. The van der Waals surface area contributed by atoms with Gasteiger partial charge in [-0.25, -0.2) is 0 Å². The van der Waals surface area contributed by atoms with E-state index in [9.17, 15) is 9.59 Å². The first-order valence-corrected chi connectivity index (χ1v) is 7.21. The van der Waals surface area contributed by atoms with E-state index < -0.39 is 6.10 Å². The van der Waals surface area contributed by atoms with Gasteiger partial charge >= 0.3 is 0 Å². The number of ketones is 1. The van der Waals surface area contributed by atoms with Crippen LogP contribution in [0.4, 0.5) is 5.69 Å². The molecule has 0 fully saturated rings. The van der Waals surface area contributed by atoms with E-state index in [2.05, 4.69) is 5.32 Å². The molecule has 0 spiro atoms. The van der Waals surface area contributed by atoms with E-state index in [1.54, 1.807) is 30.1 Å². The second-order valence-electron chi connectivity index (χ2n) is 5.64. The van der Waals surface area contributed by atoms with Gasteiger partial charge in [0.2, 0.25) is 0 Å². The number of hydrogen-bond acceptors (Lipinski definition) is 4. The SMILES string of the molecule is CNCCC(=O)c1ccc2c(c1)N(C)C(=O)C(C(C)C)O2. The predicted octanol–water partition coefficient (Wildman–Crippen LogP) is 1.86. The van der Waals surface area contributed by atoms with E-state index in [4.69, 9.17) is 4.74 Å². The van der Waals surface area contributed by atoms with Gasteiger partial charge in [-0.05, 0) is 31.2 Å². The van der Waals surface area contributed by atoms with Gasteiger partial charge in [-0.2, -0.15) is 0 Å². The summed E-state index contributed by atoms with van der Waals surface area (Å²) in [7, 11) is 3.54. The maximum atomic E-state index is 12.3. The van der Waals surface area contributed by atoms with Gasteiger partial charge in [0.05, 0.1) is 5.69 Å². The van der Waals surface area contributed by atoms with Gasteiger partial charge in [-0.15, -0.1) is 0 Å². The minimum absolute atomic E-state index is 0.0546. The molecule has 1 heterocycles. The van der Waals surface area contributed by atoms with E-state index in [0.717, 1.165) is 0 Å². The Kier molecular flexibility index (Phi) is 4.63. The van der Waals surface area contributed by atoms with Gasteiger partial charge in [-0.1, -0.05) is 13.8 Å². The molecule has 0 aliphatic carbocycles. The lowest BCUT2D eigenvalue weighted by Crippen LogP contribution is -2.46. The molecule has 114 valence electrons. The van der Waals surface area contributed by atoms with Crippen molar-refractivity contribution in [2.24, 2.45) is 5.92 Å². The van der Waals surface area contributed by atoms with Gasteiger partial charge in [0.25, 0.3) is 5.91 Å². The zero-order valence-electron chi connectivity index (χ0n) is 13.0. The normalized spacial score (nSPS) is 17.7. The molecule has 5 nitrogen and oxygen atoms in total. The number of fused-ring (bicyclic) bond motifs is 1. The van der Waals surface area contributed by atoms with Crippen LogP contribution in [-0.2, 0) is 4.79 Å². The van der Waals surface area contributed by atoms with Crippen LogP contribution < -0.4 is 15.0 Å². The average molecular weight is 290 g/mol. The summed E-state index contributed by atoms with van der Waals surface area (Å²) in [5.74, 6) is 0.738. The zero-order chi connectivity index (χ0) is 15.6. The largest absolute Gasteiger partial charge is 0.478 e. The van der Waals surface area contributed by atoms with Gasteiger partial charge in [0.15, 0.2) is 11.9 Å². The van der Waals surface area contributed by atoms with Crippen LogP contribution in [0.3, 0.4) is 0 Å². The number of nitrogens with one attached hydrogen (secondary N) is 1. The summed E-state index contributed by atoms with van der Waals surface area (Å²) >= 11 is 0. The Labute approximate surface area is 125 Å². The number of likely N-dealkylation sites (N-methyl/N-ethyl adjacent to an activating group) is 1. The van der Waals surface area contributed by atoms with E-state index in [1.807, 2.05) is 20.9 Å². The fourth-order valence-electron chi connectivity index (χ4n) is 2.35. The number of anilines is 1. The Morgan fingerprint density at radius 3 is 2.76 bits per heavy atom. The molecule has 1 aliphatic heterocycles. The van der Waals surface area contributed by atoms with Crippen LogP contribution in [-0.4, -0.2) is 38.4 Å². The molecule has 0 bridgehead atoms. The minimum atomic E-state index is -0.464. The topological polar surface area (TPSA) is 58.6 Å². The highest BCUT2D eigenvalue weighted by molar-refractivity contribution is 6.03. The summed E-state index contributed by atoms with van der Waals surface area (Å²) in [4.78, 5) is 25.9. The molecule has 0 aromatic heterocycles. The summed E-state index contributed by atoms with van der Waals surface area (Å²) in [6, 6.07) is 5.28. The van der Waals surface area contributed by atoms with Crippen LogP contribution in [0.15, 0.2) is 18.2 Å². The molecule has 2 rings (SSSR count). The Morgan fingerprint density at radius 2 is 2.14 bits per heavy atom. The van der Waals surface area contributed by atoms with Crippen molar-refractivity contribution in [3.8, 4) is 5.75 Å². The van der Waals surface area contributed by atoms with Crippen molar-refractivity contribution in [3.63, 3.8) is 0 Å². The summed E-state index contributed by atoms with van der Waals surface area (Å²) < 4.78 is 5.78. The third-order valence-corrected chi connectivity index (χ3v) is 3.68. The first kappa shape index (κ1) is 15.5. The Hall–Kier alpha value is -1.88. The average Bonchev–Trinajstić information content (AvgIpc) is 2.47. The lowest BCUT2D eigenvalue weighted by Gasteiger charge is -2.34. The highest BCUT2D eigenvalue weighted by atomic mass is 16.5. The first-order valence-electron chi connectivity index (χ1n) is 7.21. The van der Waals surface area contributed by atoms with Crippen LogP contribution in [0.25, 0.3) is 0 Å². The number of amides is 1. The maximum absolute atomic E-state index is 12.3. The zero-order valence-corrected chi connectivity index (χ0v) is 13.0. The molecule has 1 N–H and O–H groups in total. The quantitative estimate of drug-likeness (QED) is 0.841. The van der Waals surface area contributed by atoms with Gasteiger partial charge in [0, 0.05) is 25.6 Å². The predicted molar refractivity (Wildman–Crippen MR) is 82.0 cm³/mol. The van der Waals surface area contributed by atoms with Crippen molar-refractivity contribution in [2.45, 2.75) is 26.4 Å². The van der Waals surface area contributed by atoms with Gasteiger partial charge in [0.1, 0.15) is 5.75 Å². The Morgan fingerprint density at radius 1 is 1.43 bits per heavy atom. The molecule has 0 saturated carbocycles. The van der Waals surface area contributed by atoms with Gasteiger partial charge < -0.3 is 15.0 Å². The van der Waals surface area contributed by atoms with Crippen LogP contribution in [0, 0.1) is 5.92 Å². The molecule has 1 aromatic rings. The highest BCUT2D eigenvalue weighted by Gasteiger charge is 2.34. The van der Waals surface area contributed by atoms with Gasteiger partial charge in [-0.3, -0.25) is 9.59 Å². The van der Waals surface area contributed by atoms with Crippen LogP contribution in [0.5, 0.6) is 5.75 Å². The van der Waals surface area contributed by atoms with Crippen molar-refractivity contribution in [2.75, 3.05) is 25.5 Å². The lowest BCUT2D eigenvalue weighted by molar-refractivity contribution is -0.127. The number of hydrogen-bond donors (Lipinski definition) is 1. The minimum Gasteiger partial charge on any atom is -0.478 e. The van der Waals surface area contributed by atoms with Crippen molar-refractivity contribution in [3.05, 3.63) is 23.8 Å². The van der Waals surface area contributed by atoms with Crippen molar-refractivity contribution >= 4 is 17.4 Å². The maximum Gasteiger partial charge on any atom is 0.268 e. The summed E-state index contributed by atoms with van der Waals surface area (Å²) in [5.41, 5.74) is 1.27. The molecular weight excluding hydrogens is 268 g/mol. The standard InChI is InChI=1S/C16H22N2O3/c1-10(2)15-16(20)18(4)12-9-11(5-6-14(12)21-15)13(19)7-8-17-3/h5-6,9-10,15,17H,7-8H2,1-4H3. The third-order valence-electron chi connectivity index (χ3n) is 3.68. The van der Waals surface area contributed by atoms with Crippen LogP contribution in [0.1, 0.15) is 30.6 Å². The fraction of sp³-hybridized carbons (Fsp3) is 0.500. The number of nitrogens with zero attached hydrogens (tertiary/aromatic N) is 1. The second kappa shape index (κ2) is 6.26. The lowest BCUT2D eigenvalue weighted by atomic mass is 10.0. The van der Waals surface area contributed by atoms with Crippen LogP contribution >= 0.6 is 0 Å². The Balaban J connectivity index is 2.29. The molecule has 1 aliphatic rings.